The maximum absolute atomic E-state index is 10.7. The second-order valence-corrected chi connectivity index (χ2v) is 7.08. The monoisotopic (exact) mass is 329 g/mol. The number of nitrogens with zero attached hydrogens (tertiary/aromatic N) is 1. The van der Waals surface area contributed by atoms with Crippen molar-refractivity contribution in [3.63, 3.8) is 0 Å². The predicted octanol–water partition coefficient (Wildman–Crippen LogP) is 3.94. The number of halogens is 1. The number of aldehydes is 1. The van der Waals surface area contributed by atoms with Crippen molar-refractivity contribution in [2.24, 2.45) is 11.8 Å². The van der Waals surface area contributed by atoms with Crippen LogP contribution in [0.4, 0.5) is 0 Å². The summed E-state index contributed by atoms with van der Waals surface area (Å²) in [5, 5.41) is 0. The number of ether oxygens (including phenoxy) is 1. The molecule has 98 valence electrons. The Labute approximate surface area is 119 Å². The molecule has 1 saturated carbocycles. The van der Waals surface area contributed by atoms with Gasteiger partial charge in [0.1, 0.15) is 18.7 Å². The zero-order valence-corrected chi connectivity index (χ0v) is 12.7. The van der Waals surface area contributed by atoms with Crippen LogP contribution in [0.15, 0.2) is 21.9 Å². The van der Waals surface area contributed by atoms with Crippen LogP contribution in [-0.2, 0) is 16.1 Å². The van der Waals surface area contributed by atoms with Crippen molar-refractivity contribution in [1.29, 1.82) is 0 Å². The molecular formula is C13H16BrNO2S. The predicted molar refractivity (Wildman–Crippen MR) is 75.3 cm³/mol. The lowest BCUT2D eigenvalue weighted by Crippen LogP contribution is -2.04. The van der Waals surface area contributed by atoms with E-state index in [1.807, 2.05) is 0 Å². The molecule has 0 N–H and O–H groups in total. The quantitative estimate of drug-likeness (QED) is 0.466. The molecule has 1 aliphatic rings. The van der Waals surface area contributed by atoms with Gasteiger partial charge in [0.15, 0.2) is 3.92 Å². The first-order chi connectivity index (χ1) is 8.69. The molecule has 0 aliphatic heterocycles. The second-order valence-electron chi connectivity index (χ2n) is 4.69. The Hall–Kier alpha value is -0.680. The molecule has 18 heavy (non-hydrogen) atoms. The molecule has 5 heteroatoms. The van der Waals surface area contributed by atoms with Gasteiger partial charge >= 0.3 is 0 Å². The molecule has 0 bridgehead atoms. The number of hydrogen-bond acceptors (Lipinski definition) is 4. The first kappa shape index (κ1) is 13.7. The van der Waals surface area contributed by atoms with Crippen molar-refractivity contribution in [3.8, 4) is 0 Å². The minimum Gasteiger partial charge on any atom is -0.492 e. The van der Waals surface area contributed by atoms with Crippen LogP contribution >= 0.6 is 27.3 Å². The number of allylic oxidation sites excluding steroid dienone is 2. The number of aromatic nitrogens is 1. The van der Waals surface area contributed by atoms with Gasteiger partial charge in [0.25, 0.3) is 0 Å². The molecule has 1 aliphatic carbocycles. The van der Waals surface area contributed by atoms with Gasteiger partial charge in [-0.3, -0.25) is 4.79 Å². The molecule has 0 amide bonds. The van der Waals surface area contributed by atoms with Crippen LogP contribution in [-0.4, -0.2) is 11.3 Å². The van der Waals surface area contributed by atoms with Crippen LogP contribution in [0.25, 0.3) is 0 Å². The van der Waals surface area contributed by atoms with Crippen LogP contribution in [0.2, 0.25) is 0 Å². The molecule has 3 nitrogen and oxygen atoms in total. The van der Waals surface area contributed by atoms with Crippen LogP contribution in [0, 0.1) is 11.8 Å². The summed E-state index contributed by atoms with van der Waals surface area (Å²) < 4.78 is 6.65. The van der Waals surface area contributed by atoms with Crippen LogP contribution in [0.3, 0.4) is 0 Å². The van der Waals surface area contributed by atoms with Crippen molar-refractivity contribution in [2.45, 2.75) is 32.8 Å². The average Bonchev–Trinajstić information content (AvgIpc) is 2.94. The van der Waals surface area contributed by atoms with Gasteiger partial charge in [0.05, 0.1) is 4.88 Å². The zero-order valence-electron chi connectivity index (χ0n) is 10.3. The number of rotatable bonds is 5. The van der Waals surface area contributed by atoms with Crippen molar-refractivity contribution in [3.05, 3.63) is 26.8 Å². The maximum Gasteiger partial charge on any atom is 0.159 e. The lowest BCUT2D eigenvalue weighted by atomic mass is 10.0. The molecule has 0 aromatic carbocycles. The highest BCUT2D eigenvalue weighted by Gasteiger charge is 2.25. The fourth-order valence-corrected chi connectivity index (χ4v) is 3.61. The van der Waals surface area contributed by atoms with E-state index in [-0.39, 0.29) is 0 Å². The zero-order chi connectivity index (χ0) is 13.0. The molecule has 1 fully saturated rings. The Kier molecular flexibility index (Phi) is 4.95. The first-order valence-corrected chi connectivity index (χ1v) is 7.68. The van der Waals surface area contributed by atoms with Gasteiger partial charge in [0.2, 0.25) is 0 Å². The SMILES string of the molecule is CC1CCC(/C(=C\C=O)OCc2cnc(Br)s2)C1. The van der Waals surface area contributed by atoms with Gasteiger partial charge in [-0.25, -0.2) is 4.98 Å². The third-order valence-corrected chi connectivity index (χ3v) is 4.69. The third kappa shape index (κ3) is 3.65. The van der Waals surface area contributed by atoms with Crippen molar-refractivity contribution >= 4 is 33.6 Å². The van der Waals surface area contributed by atoms with Crippen molar-refractivity contribution in [1.82, 2.24) is 4.98 Å². The lowest BCUT2D eigenvalue weighted by Gasteiger charge is -2.15. The molecule has 2 rings (SSSR count). The summed E-state index contributed by atoms with van der Waals surface area (Å²) in [5.41, 5.74) is 0. The smallest absolute Gasteiger partial charge is 0.159 e. The highest BCUT2D eigenvalue weighted by atomic mass is 79.9. The van der Waals surface area contributed by atoms with Crippen LogP contribution in [0.5, 0.6) is 0 Å². The minimum atomic E-state index is 0.404. The van der Waals surface area contributed by atoms with Gasteiger partial charge in [-0.2, -0.15) is 0 Å². The summed E-state index contributed by atoms with van der Waals surface area (Å²) in [7, 11) is 0. The van der Waals surface area contributed by atoms with E-state index in [0.29, 0.717) is 12.5 Å². The number of hydrogen-bond donors (Lipinski definition) is 0. The van der Waals surface area contributed by atoms with Crippen LogP contribution < -0.4 is 0 Å². The Morgan fingerprint density at radius 3 is 3.06 bits per heavy atom. The second kappa shape index (κ2) is 6.48. The molecule has 0 saturated heterocycles. The largest absolute Gasteiger partial charge is 0.492 e. The van der Waals surface area contributed by atoms with E-state index in [1.54, 1.807) is 23.6 Å². The topological polar surface area (TPSA) is 39.2 Å². The van der Waals surface area contributed by atoms with E-state index in [4.69, 9.17) is 4.74 Å². The third-order valence-electron chi connectivity index (χ3n) is 3.24. The summed E-state index contributed by atoms with van der Waals surface area (Å²) in [5.74, 6) is 1.96. The van der Waals surface area contributed by atoms with Gasteiger partial charge < -0.3 is 4.74 Å². The number of carbonyl (C=O) groups excluding carboxylic acids is 1. The van der Waals surface area contributed by atoms with E-state index < -0.39 is 0 Å². The Balaban J connectivity index is 1.94. The van der Waals surface area contributed by atoms with E-state index in [0.717, 1.165) is 39.6 Å². The Bertz CT molecular complexity index is 444. The van der Waals surface area contributed by atoms with Gasteiger partial charge in [-0.05, 0) is 41.1 Å². The molecule has 2 unspecified atom stereocenters. The van der Waals surface area contributed by atoms with Crippen molar-refractivity contribution in [2.75, 3.05) is 0 Å². The molecular weight excluding hydrogens is 314 g/mol. The summed E-state index contributed by atoms with van der Waals surface area (Å²) in [6.45, 7) is 2.74. The van der Waals surface area contributed by atoms with E-state index in [2.05, 4.69) is 27.8 Å². The average molecular weight is 330 g/mol. The van der Waals surface area contributed by atoms with E-state index in [9.17, 15) is 4.79 Å². The molecule has 1 aromatic heterocycles. The minimum absolute atomic E-state index is 0.404. The summed E-state index contributed by atoms with van der Waals surface area (Å²) in [6, 6.07) is 0. The van der Waals surface area contributed by atoms with Gasteiger partial charge in [-0.15, -0.1) is 11.3 Å². The molecule has 1 aromatic rings. The highest BCUT2D eigenvalue weighted by Crippen LogP contribution is 2.36. The Morgan fingerprint density at radius 2 is 2.50 bits per heavy atom. The summed E-state index contributed by atoms with van der Waals surface area (Å²) in [6.07, 6.45) is 7.64. The van der Waals surface area contributed by atoms with Gasteiger partial charge in [0, 0.05) is 18.2 Å². The fourth-order valence-electron chi connectivity index (χ4n) is 2.34. The first-order valence-electron chi connectivity index (χ1n) is 6.07. The lowest BCUT2D eigenvalue weighted by molar-refractivity contribution is -0.104. The van der Waals surface area contributed by atoms with E-state index >= 15 is 0 Å². The standard InChI is InChI=1S/C13H16BrNO2S/c1-9-2-3-10(6-9)12(4-5-16)17-8-11-7-15-13(14)18-11/h4-5,7,9-10H,2-3,6,8H2,1H3/b12-4+. The number of carbonyl (C=O) groups is 1. The normalized spacial score (nSPS) is 24.2. The molecule has 0 radical (unpaired) electrons. The molecule has 0 spiro atoms. The van der Waals surface area contributed by atoms with Crippen LogP contribution in [0.1, 0.15) is 31.1 Å². The highest BCUT2D eigenvalue weighted by molar-refractivity contribution is 9.11. The number of thiazole rings is 1. The fraction of sp³-hybridized carbons (Fsp3) is 0.538. The summed E-state index contributed by atoms with van der Waals surface area (Å²) >= 11 is 4.88. The van der Waals surface area contributed by atoms with E-state index in [1.165, 1.54) is 6.42 Å². The molecule has 1 heterocycles. The Morgan fingerprint density at radius 1 is 1.67 bits per heavy atom. The maximum atomic E-state index is 10.7. The molecule has 2 atom stereocenters. The van der Waals surface area contributed by atoms with Crippen molar-refractivity contribution < 1.29 is 9.53 Å². The summed E-state index contributed by atoms with van der Waals surface area (Å²) in [4.78, 5) is 15.9. The van der Waals surface area contributed by atoms with Gasteiger partial charge in [-0.1, -0.05) is 6.92 Å².